The Labute approximate surface area is 132 Å². The number of carbonyl (C=O) groups excluding carboxylic acids is 1. The second-order valence-electron chi connectivity index (χ2n) is 5.08. The van der Waals surface area contributed by atoms with Crippen molar-refractivity contribution in [2.45, 2.75) is 26.3 Å². The van der Waals surface area contributed by atoms with Gasteiger partial charge in [-0.2, -0.15) is 0 Å². The van der Waals surface area contributed by atoms with Crippen LogP contribution in [0.2, 0.25) is 0 Å². The van der Waals surface area contributed by atoms with Gasteiger partial charge in [-0.1, -0.05) is 33.2 Å². The Hall–Kier alpha value is -1.82. The number of aryl methyl sites for hydroxylation is 1. The molecule has 0 aliphatic heterocycles. The number of carbonyl (C=O) groups is 1. The highest BCUT2D eigenvalue weighted by atomic mass is 79.9. The van der Waals surface area contributed by atoms with E-state index in [1.807, 2.05) is 38.1 Å². The molecular weight excluding hydrogens is 334 g/mol. The van der Waals surface area contributed by atoms with Crippen molar-refractivity contribution < 1.29 is 9.32 Å². The fourth-order valence-corrected chi connectivity index (χ4v) is 2.37. The van der Waals surface area contributed by atoms with Crippen LogP contribution in [0.5, 0.6) is 0 Å². The van der Waals surface area contributed by atoms with E-state index in [9.17, 15) is 4.79 Å². The van der Waals surface area contributed by atoms with Gasteiger partial charge in [0.2, 0.25) is 0 Å². The number of likely N-dealkylation sites (N-methyl/N-ethyl adjacent to an activating group) is 1. The lowest BCUT2D eigenvalue weighted by Gasteiger charge is -2.22. The molecule has 1 heterocycles. The van der Waals surface area contributed by atoms with E-state index < -0.39 is 6.03 Å². The van der Waals surface area contributed by atoms with E-state index >= 15 is 0 Å². The van der Waals surface area contributed by atoms with E-state index in [2.05, 4.69) is 21.1 Å². The van der Waals surface area contributed by atoms with E-state index in [0.29, 0.717) is 6.42 Å². The quantitative estimate of drug-likeness (QED) is 0.917. The van der Waals surface area contributed by atoms with Gasteiger partial charge in [0.15, 0.2) is 5.76 Å². The summed E-state index contributed by atoms with van der Waals surface area (Å²) in [6, 6.07) is 7.37. The maximum Gasteiger partial charge on any atom is 0.314 e. The largest absolute Gasteiger partial charge is 0.356 e. The monoisotopic (exact) mass is 351 g/mol. The van der Waals surface area contributed by atoms with Gasteiger partial charge in [0.05, 0.1) is 5.69 Å². The molecule has 21 heavy (non-hydrogen) atoms. The zero-order valence-corrected chi connectivity index (χ0v) is 13.8. The molecule has 5 nitrogen and oxygen atoms in total. The highest BCUT2D eigenvalue weighted by Crippen LogP contribution is 2.28. The minimum atomic E-state index is -0.443. The number of hydrogen-bond acceptors (Lipinski definition) is 3. The lowest BCUT2D eigenvalue weighted by atomic mass is 10.0. The number of aromatic nitrogens is 1. The third kappa shape index (κ3) is 3.44. The van der Waals surface area contributed by atoms with Crippen molar-refractivity contribution in [3.05, 3.63) is 40.0 Å². The van der Waals surface area contributed by atoms with Crippen molar-refractivity contribution >= 4 is 22.0 Å². The van der Waals surface area contributed by atoms with Crippen molar-refractivity contribution in [3.63, 3.8) is 0 Å². The van der Waals surface area contributed by atoms with E-state index in [0.717, 1.165) is 27.1 Å². The van der Waals surface area contributed by atoms with Crippen LogP contribution in [-0.2, 0) is 6.42 Å². The maximum atomic E-state index is 11.3. The molecule has 0 fully saturated rings. The SMILES string of the molecule is Cc1noc(-c2ccc(Br)cc2)c1CC(C)N(C)C(N)=O. The second-order valence-corrected chi connectivity index (χ2v) is 6.00. The van der Waals surface area contributed by atoms with Crippen LogP contribution < -0.4 is 5.73 Å². The first kappa shape index (κ1) is 15.6. The normalized spacial score (nSPS) is 12.2. The molecule has 112 valence electrons. The van der Waals surface area contributed by atoms with Crippen LogP contribution in [0.1, 0.15) is 18.2 Å². The number of benzene rings is 1. The molecule has 1 aromatic carbocycles. The average Bonchev–Trinajstić information content (AvgIpc) is 2.80. The van der Waals surface area contributed by atoms with Crippen LogP contribution in [0.15, 0.2) is 33.3 Å². The molecule has 0 saturated heterocycles. The number of amides is 2. The van der Waals surface area contributed by atoms with Crippen LogP contribution in [-0.4, -0.2) is 29.2 Å². The Morgan fingerprint density at radius 2 is 2.05 bits per heavy atom. The van der Waals surface area contributed by atoms with Gasteiger partial charge in [-0.05, 0) is 32.4 Å². The third-order valence-electron chi connectivity index (χ3n) is 3.60. The zero-order valence-electron chi connectivity index (χ0n) is 12.3. The lowest BCUT2D eigenvalue weighted by Crippen LogP contribution is -2.40. The number of nitrogens with zero attached hydrogens (tertiary/aromatic N) is 2. The summed E-state index contributed by atoms with van der Waals surface area (Å²) in [4.78, 5) is 12.8. The first-order chi connectivity index (χ1) is 9.90. The van der Waals surface area contributed by atoms with Crippen LogP contribution in [0, 0.1) is 6.92 Å². The zero-order chi connectivity index (χ0) is 15.6. The van der Waals surface area contributed by atoms with Gasteiger partial charge in [-0.25, -0.2) is 4.79 Å². The molecular formula is C15H18BrN3O2. The second kappa shape index (κ2) is 6.30. The Bertz CT molecular complexity index is 637. The molecule has 2 amide bonds. The van der Waals surface area contributed by atoms with Gasteiger partial charge in [-0.3, -0.25) is 0 Å². The van der Waals surface area contributed by atoms with Crippen molar-refractivity contribution in [2.75, 3.05) is 7.05 Å². The first-order valence-corrected chi connectivity index (χ1v) is 7.42. The van der Waals surface area contributed by atoms with Crippen molar-refractivity contribution in [3.8, 4) is 11.3 Å². The predicted molar refractivity (Wildman–Crippen MR) is 84.9 cm³/mol. The number of nitrogens with two attached hydrogens (primary N) is 1. The Balaban J connectivity index is 2.30. The summed E-state index contributed by atoms with van der Waals surface area (Å²) in [6.45, 7) is 3.85. The van der Waals surface area contributed by atoms with Gasteiger partial charge >= 0.3 is 6.03 Å². The van der Waals surface area contributed by atoms with Gasteiger partial charge in [-0.15, -0.1) is 0 Å². The van der Waals surface area contributed by atoms with E-state index in [-0.39, 0.29) is 6.04 Å². The number of primary amides is 1. The standard InChI is InChI=1S/C15H18BrN3O2/c1-9(19(3)15(17)20)8-13-10(2)18-21-14(13)11-4-6-12(16)7-5-11/h4-7,9H,8H2,1-3H3,(H2,17,20). The van der Waals surface area contributed by atoms with Crippen LogP contribution >= 0.6 is 15.9 Å². The third-order valence-corrected chi connectivity index (χ3v) is 4.13. The van der Waals surface area contributed by atoms with Gasteiger partial charge in [0, 0.05) is 28.7 Å². The number of urea groups is 1. The highest BCUT2D eigenvalue weighted by Gasteiger charge is 2.20. The average molecular weight is 352 g/mol. The Morgan fingerprint density at radius 1 is 1.43 bits per heavy atom. The fraction of sp³-hybridized carbons (Fsp3) is 0.333. The molecule has 2 aromatic rings. The van der Waals surface area contributed by atoms with Crippen molar-refractivity contribution in [1.29, 1.82) is 0 Å². The molecule has 0 saturated carbocycles. The van der Waals surface area contributed by atoms with E-state index in [4.69, 9.17) is 10.3 Å². The Morgan fingerprint density at radius 3 is 2.62 bits per heavy atom. The predicted octanol–water partition coefficient (Wildman–Crippen LogP) is 3.35. The van der Waals surface area contributed by atoms with Crippen molar-refractivity contribution in [1.82, 2.24) is 10.1 Å². The summed E-state index contributed by atoms with van der Waals surface area (Å²) in [5.74, 6) is 0.740. The summed E-state index contributed by atoms with van der Waals surface area (Å²) in [5.41, 5.74) is 8.10. The molecule has 2 N–H and O–H groups in total. The van der Waals surface area contributed by atoms with E-state index in [1.165, 1.54) is 4.90 Å². The summed E-state index contributed by atoms with van der Waals surface area (Å²) in [5, 5.41) is 4.05. The van der Waals surface area contributed by atoms with Crippen LogP contribution in [0.3, 0.4) is 0 Å². The molecule has 1 aromatic heterocycles. The number of halogens is 1. The molecule has 6 heteroatoms. The number of hydrogen-bond donors (Lipinski definition) is 1. The fourth-order valence-electron chi connectivity index (χ4n) is 2.11. The minimum Gasteiger partial charge on any atom is -0.356 e. The summed E-state index contributed by atoms with van der Waals surface area (Å²) in [6.07, 6.45) is 0.639. The molecule has 1 atom stereocenters. The highest BCUT2D eigenvalue weighted by molar-refractivity contribution is 9.10. The molecule has 0 bridgehead atoms. The van der Waals surface area contributed by atoms with Crippen LogP contribution in [0.4, 0.5) is 4.79 Å². The molecule has 2 rings (SSSR count). The van der Waals surface area contributed by atoms with Gasteiger partial charge < -0.3 is 15.2 Å². The molecule has 0 aliphatic rings. The molecule has 1 unspecified atom stereocenters. The maximum absolute atomic E-state index is 11.3. The Kier molecular flexibility index (Phi) is 4.67. The first-order valence-electron chi connectivity index (χ1n) is 6.63. The van der Waals surface area contributed by atoms with E-state index in [1.54, 1.807) is 7.05 Å². The smallest absolute Gasteiger partial charge is 0.314 e. The lowest BCUT2D eigenvalue weighted by molar-refractivity contribution is 0.203. The molecule has 0 aliphatic carbocycles. The van der Waals surface area contributed by atoms with Crippen LogP contribution in [0.25, 0.3) is 11.3 Å². The summed E-state index contributed by atoms with van der Waals surface area (Å²) < 4.78 is 6.47. The summed E-state index contributed by atoms with van der Waals surface area (Å²) >= 11 is 3.41. The summed E-state index contributed by atoms with van der Waals surface area (Å²) in [7, 11) is 1.69. The molecule has 0 spiro atoms. The van der Waals surface area contributed by atoms with Crippen molar-refractivity contribution in [2.24, 2.45) is 5.73 Å². The molecule has 0 radical (unpaired) electrons. The number of rotatable bonds is 4. The minimum absolute atomic E-state index is 0.0326. The van der Waals surface area contributed by atoms with Gasteiger partial charge in [0.1, 0.15) is 0 Å². The topological polar surface area (TPSA) is 72.4 Å². The van der Waals surface area contributed by atoms with Gasteiger partial charge in [0.25, 0.3) is 0 Å².